The zero-order valence-electron chi connectivity index (χ0n) is 10.5. The smallest absolute Gasteiger partial charge is 0.306 e. The minimum atomic E-state index is -0.122. The maximum Gasteiger partial charge on any atom is 0.306 e. The van der Waals surface area contributed by atoms with Crippen molar-refractivity contribution in [2.24, 2.45) is 5.73 Å². The average molecular weight is 314 g/mol. The Bertz CT molecular complexity index is 369. The molecule has 1 aromatic carbocycles. The first-order chi connectivity index (χ1) is 8.72. The molecule has 0 saturated carbocycles. The fourth-order valence-electron chi connectivity index (χ4n) is 1.63. The topological polar surface area (TPSA) is 52.3 Å². The molecule has 0 aliphatic rings. The van der Waals surface area contributed by atoms with E-state index in [2.05, 4.69) is 15.9 Å². The molecule has 18 heavy (non-hydrogen) atoms. The molecular weight excluding hydrogens is 294 g/mol. The van der Waals surface area contributed by atoms with E-state index in [1.807, 2.05) is 24.3 Å². The third-order valence-corrected chi connectivity index (χ3v) is 3.12. The fraction of sp³-hybridized carbons (Fsp3) is 0.500. The van der Waals surface area contributed by atoms with Crippen molar-refractivity contribution in [1.29, 1.82) is 0 Å². The lowest BCUT2D eigenvalue weighted by Crippen LogP contribution is -2.04. The van der Waals surface area contributed by atoms with Gasteiger partial charge in [0.2, 0.25) is 0 Å². The van der Waals surface area contributed by atoms with Crippen molar-refractivity contribution in [3.63, 3.8) is 0 Å². The molecule has 100 valence electrons. The summed E-state index contributed by atoms with van der Waals surface area (Å²) >= 11 is 3.38. The van der Waals surface area contributed by atoms with Gasteiger partial charge in [0, 0.05) is 10.9 Å². The van der Waals surface area contributed by atoms with E-state index in [4.69, 9.17) is 10.5 Å². The van der Waals surface area contributed by atoms with Gasteiger partial charge in [-0.05, 0) is 37.1 Å². The number of halogens is 1. The Hall–Kier alpha value is -0.870. The van der Waals surface area contributed by atoms with E-state index in [9.17, 15) is 4.79 Å². The van der Waals surface area contributed by atoms with E-state index in [1.54, 1.807) is 0 Å². The van der Waals surface area contributed by atoms with E-state index in [-0.39, 0.29) is 5.97 Å². The monoisotopic (exact) mass is 313 g/mol. The van der Waals surface area contributed by atoms with Gasteiger partial charge in [0.05, 0.1) is 0 Å². The predicted molar refractivity (Wildman–Crippen MR) is 76.1 cm³/mol. The molecule has 0 radical (unpaired) electrons. The summed E-state index contributed by atoms with van der Waals surface area (Å²) < 4.78 is 6.20. The molecule has 1 rings (SSSR count). The average Bonchev–Trinajstić information content (AvgIpc) is 2.36. The molecule has 0 aliphatic heterocycles. The van der Waals surface area contributed by atoms with E-state index in [0.717, 1.165) is 42.3 Å². The first-order valence-electron chi connectivity index (χ1n) is 6.32. The number of carbonyl (C=O) groups is 1. The van der Waals surface area contributed by atoms with Crippen LogP contribution < -0.4 is 5.73 Å². The molecule has 0 aliphatic carbocycles. The summed E-state index contributed by atoms with van der Waals surface area (Å²) in [6.45, 7) is 1.08. The summed E-state index contributed by atoms with van der Waals surface area (Å²) in [6, 6.07) is 7.77. The first-order valence-corrected chi connectivity index (χ1v) is 7.12. The lowest BCUT2D eigenvalue weighted by molar-refractivity contribution is -0.145. The molecule has 4 heteroatoms. The third kappa shape index (κ3) is 6.77. The van der Waals surface area contributed by atoms with E-state index < -0.39 is 0 Å². The summed E-state index contributed by atoms with van der Waals surface area (Å²) in [5, 5.41) is 0. The number of hydrogen-bond donors (Lipinski definition) is 1. The van der Waals surface area contributed by atoms with Crippen molar-refractivity contribution in [1.82, 2.24) is 0 Å². The first kappa shape index (κ1) is 15.2. The van der Waals surface area contributed by atoms with E-state index in [0.29, 0.717) is 13.0 Å². The van der Waals surface area contributed by atoms with Crippen LogP contribution in [0.15, 0.2) is 28.7 Å². The maximum absolute atomic E-state index is 11.5. The van der Waals surface area contributed by atoms with Crippen molar-refractivity contribution in [2.75, 3.05) is 6.54 Å². The zero-order valence-corrected chi connectivity index (χ0v) is 12.1. The zero-order chi connectivity index (χ0) is 13.2. The number of nitrogens with two attached hydrogens (primary N) is 1. The second-order valence-electron chi connectivity index (χ2n) is 4.24. The maximum atomic E-state index is 11.5. The second-order valence-corrected chi connectivity index (χ2v) is 5.16. The van der Waals surface area contributed by atoms with Crippen LogP contribution in [-0.4, -0.2) is 12.5 Å². The number of carbonyl (C=O) groups excluding carboxylic acids is 1. The van der Waals surface area contributed by atoms with Crippen LogP contribution in [0.25, 0.3) is 0 Å². The van der Waals surface area contributed by atoms with Gasteiger partial charge in [0.15, 0.2) is 0 Å². The van der Waals surface area contributed by atoms with Crippen molar-refractivity contribution in [3.05, 3.63) is 34.3 Å². The molecule has 0 spiro atoms. The minimum absolute atomic E-state index is 0.122. The quantitative estimate of drug-likeness (QED) is 0.591. The van der Waals surface area contributed by atoms with Gasteiger partial charge in [-0.25, -0.2) is 0 Å². The highest BCUT2D eigenvalue weighted by Gasteiger charge is 2.03. The van der Waals surface area contributed by atoms with Crippen LogP contribution in [0, 0.1) is 0 Å². The molecule has 1 aromatic rings. The molecule has 0 heterocycles. The van der Waals surface area contributed by atoms with Gasteiger partial charge in [-0.3, -0.25) is 4.79 Å². The fourth-order valence-corrected chi connectivity index (χ4v) is 2.08. The van der Waals surface area contributed by atoms with Gasteiger partial charge in [0.1, 0.15) is 6.61 Å². The molecule has 0 aromatic heterocycles. The van der Waals surface area contributed by atoms with Crippen molar-refractivity contribution in [2.45, 2.75) is 38.7 Å². The summed E-state index contributed by atoms with van der Waals surface area (Å²) in [7, 11) is 0. The number of unbranched alkanes of at least 4 members (excludes halogenated alkanes) is 3. The predicted octanol–water partition coefficient (Wildman–Crippen LogP) is 3.40. The molecule has 0 saturated heterocycles. The van der Waals surface area contributed by atoms with Crippen LogP contribution in [0.2, 0.25) is 0 Å². The molecule has 0 atom stereocenters. The van der Waals surface area contributed by atoms with E-state index in [1.165, 1.54) is 0 Å². The highest BCUT2D eigenvalue weighted by molar-refractivity contribution is 9.10. The van der Waals surface area contributed by atoms with Crippen LogP contribution in [0.3, 0.4) is 0 Å². The Labute approximate surface area is 117 Å². The van der Waals surface area contributed by atoms with Gasteiger partial charge in [-0.1, -0.05) is 40.9 Å². The summed E-state index contributed by atoms with van der Waals surface area (Å²) in [5.41, 5.74) is 6.40. The molecule has 0 amide bonds. The number of hydrogen-bond acceptors (Lipinski definition) is 3. The number of rotatable bonds is 8. The number of benzene rings is 1. The van der Waals surface area contributed by atoms with E-state index >= 15 is 0 Å². The molecule has 0 unspecified atom stereocenters. The minimum Gasteiger partial charge on any atom is -0.461 e. The van der Waals surface area contributed by atoms with Crippen molar-refractivity contribution in [3.8, 4) is 0 Å². The Balaban J connectivity index is 2.13. The standard InChI is InChI=1S/C14H20BrNO2/c15-13-7-5-6-12(10-13)11-18-14(17)8-3-1-2-4-9-16/h5-7,10H,1-4,8-9,11,16H2. The highest BCUT2D eigenvalue weighted by atomic mass is 79.9. The third-order valence-electron chi connectivity index (χ3n) is 2.62. The Kier molecular flexibility index (Phi) is 7.69. The summed E-state index contributed by atoms with van der Waals surface area (Å²) in [4.78, 5) is 11.5. The second kappa shape index (κ2) is 9.11. The molecular formula is C14H20BrNO2. The largest absolute Gasteiger partial charge is 0.461 e. The van der Waals surface area contributed by atoms with Crippen molar-refractivity contribution >= 4 is 21.9 Å². The van der Waals surface area contributed by atoms with Crippen LogP contribution in [0.5, 0.6) is 0 Å². The van der Waals surface area contributed by atoms with Gasteiger partial charge in [0.25, 0.3) is 0 Å². The van der Waals surface area contributed by atoms with Crippen LogP contribution in [0.4, 0.5) is 0 Å². The molecule has 0 bridgehead atoms. The Morgan fingerprint density at radius 2 is 2.00 bits per heavy atom. The van der Waals surface area contributed by atoms with Crippen LogP contribution >= 0.6 is 15.9 Å². The normalized spacial score (nSPS) is 10.3. The van der Waals surface area contributed by atoms with Crippen molar-refractivity contribution < 1.29 is 9.53 Å². The lowest BCUT2D eigenvalue weighted by atomic mass is 10.1. The molecule has 2 N–H and O–H groups in total. The number of ether oxygens (including phenoxy) is 1. The Morgan fingerprint density at radius 3 is 2.72 bits per heavy atom. The molecule has 3 nitrogen and oxygen atoms in total. The SMILES string of the molecule is NCCCCCCC(=O)OCc1cccc(Br)c1. The van der Waals surface area contributed by atoms with Gasteiger partial charge in [-0.15, -0.1) is 0 Å². The number of esters is 1. The Morgan fingerprint density at radius 1 is 1.22 bits per heavy atom. The van der Waals surface area contributed by atoms with Crippen LogP contribution in [0.1, 0.15) is 37.7 Å². The van der Waals surface area contributed by atoms with Gasteiger partial charge in [-0.2, -0.15) is 0 Å². The summed E-state index contributed by atoms with van der Waals surface area (Å²) in [6.07, 6.45) is 4.56. The van der Waals surface area contributed by atoms with Gasteiger partial charge < -0.3 is 10.5 Å². The lowest BCUT2D eigenvalue weighted by Gasteiger charge is -2.05. The van der Waals surface area contributed by atoms with Gasteiger partial charge >= 0.3 is 5.97 Å². The summed E-state index contributed by atoms with van der Waals surface area (Å²) in [5.74, 6) is -0.122. The molecule has 0 fully saturated rings. The highest BCUT2D eigenvalue weighted by Crippen LogP contribution is 2.13. The van der Waals surface area contributed by atoms with Crippen LogP contribution in [-0.2, 0) is 16.1 Å².